The van der Waals surface area contributed by atoms with Crippen molar-refractivity contribution >= 4 is 23.1 Å². The van der Waals surface area contributed by atoms with E-state index in [4.69, 9.17) is 4.74 Å². The minimum atomic E-state index is -0.765. The van der Waals surface area contributed by atoms with Gasteiger partial charge in [-0.1, -0.05) is 32.9 Å². The number of ether oxygens (including phenoxy) is 1. The Balaban J connectivity index is 2.16. The van der Waals surface area contributed by atoms with Crippen LogP contribution in [-0.4, -0.2) is 37.0 Å². The van der Waals surface area contributed by atoms with Crippen LogP contribution in [0.15, 0.2) is 59.9 Å². The molecule has 2 aromatic carbocycles. The summed E-state index contributed by atoms with van der Waals surface area (Å²) < 4.78 is 5.84. The average Bonchev–Trinajstić information content (AvgIpc) is 2.97. The summed E-state index contributed by atoms with van der Waals surface area (Å²) in [5.74, 6) is -0.713. The molecule has 1 heterocycles. The number of aliphatic hydroxyl groups excluding tert-OH is 1. The summed E-state index contributed by atoms with van der Waals surface area (Å²) >= 11 is 0. The number of Topliss-reactive ketones (excluding diaryl/α,β-unsaturated/α-hetero) is 1. The number of amides is 1. The Bertz CT molecular complexity index is 1050. The van der Waals surface area contributed by atoms with Gasteiger partial charge in [-0.2, -0.15) is 0 Å². The van der Waals surface area contributed by atoms with Crippen LogP contribution in [0.3, 0.4) is 0 Å². The fourth-order valence-electron chi connectivity index (χ4n) is 3.76. The summed E-state index contributed by atoms with van der Waals surface area (Å²) in [6, 6.07) is 14.0. The zero-order chi connectivity index (χ0) is 23.8. The first-order chi connectivity index (χ1) is 14.9. The first-order valence-electron chi connectivity index (χ1n) is 10.8. The SMILES string of the molecule is CC(C)Oc1cccc(C2C(C(=O)C(C)(C)C)=C(O)C(=O)N2c2ccc(N(C)C)cc2)c1. The van der Waals surface area contributed by atoms with Gasteiger partial charge in [0.1, 0.15) is 5.75 Å². The highest BCUT2D eigenvalue weighted by molar-refractivity contribution is 6.17. The highest BCUT2D eigenvalue weighted by Gasteiger charge is 2.46. The first-order valence-corrected chi connectivity index (χ1v) is 10.8. The summed E-state index contributed by atoms with van der Waals surface area (Å²) in [6.45, 7) is 9.22. The van der Waals surface area contributed by atoms with Crippen LogP contribution in [0.25, 0.3) is 0 Å². The molecular weight excluding hydrogens is 404 g/mol. The predicted molar refractivity (Wildman–Crippen MR) is 127 cm³/mol. The second-order valence-electron chi connectivity index (χ2n) is 9.57. The fraction of sp³-hybridized carbons (Fsp3) is 0.385. The summed E-state index contributed by atoms with van der Waals surface area (Å²) in [7, 11) is 3.87. The Hall–Kier alpha value is -3.28. The maximum atomic E-state index is 13.4. The molecule has 1 aliphatic heterocycles. The van der Waals surface area contributed by atoms with Crippen LogP contribution in [0.4, 0.5) is 11.4 Å². The van der Waals surface area contributed by atoms with E-state index in [1.807, 2.05) is 81.4 Å². The monoisotopic (exact) mass is 436 g/mol. The largest absolute Gasteiger partial charge is 0.503 e. The molecule has 0 bridgehead atoms. The standard InChI is InChI=1S/C26H32N2O4/c1-16(2)32-20-10-8-9-17(15-20)22-21(24(30)26(3,4)5)23(29)25(31)28(22)19-13-11-18(12-14-19)27(6)7/h8-16,22,29H,1-7H3. The molecule has 0 saturated heterocycles. The Morgan fingerprint density at radius 3 is 2.25 bits per heavy atom. The summed E-state index contributed by atoms with van der Waals surface area (Å²) in [6.07, 6.45) is -0.0234. The van der Waals surface area contributed by atoms with E-state index in [2.05, 4.69) is 0 Å². The van der Waals surface area contributed by atoms with Gasteiger partial charge in [-0.15, -0.1) is 0 Å². The van der Waals surface area contributed by atoms with Crippen molar-refractivity contribution in [3.05, 3.63) is 65.4 Å². The Labute approximate surface area is 190 Å². The summed E-state index contributed by atoms with van der Waals surface area (Å²) in [5, 5.41) is 10.8. The number of nitrogens with zero attached hydrogens (tertiary/aromatic N) is 2. The zero-order valence-electron chi connectivity index (χ0n) is 19.8. The number of aliphatic hydroxyl groups is 1. The number of carbonyl (C=O) groups is 2. The zero-order valence-corrected chi connectivity index (χ0v) is 19.8. The van der Waals surface area contributed by atoms with E-state index >= 15 is 0 Å². The lowest BCUT2D eigenvalue weighted by molar-refractivity contribution is -0.123. The average molecular weight is 437 g/mol. The number of hydrogen-bond acceptors (Lipinski definition) is 5. The number of rotatable bonds is 6. The van der Waals surface area contributed by atoms with Crippen molar-refractivity contribution in [2.45, 2.75) is 46.8 Å². The highest BCUT2D eigenvalue weighted by atomic mass is 16.5. The number of ketones is 1. The van der Waals surface area contributed by atoms with Crippen LogP contribution < -0.4 is 14.5 Å². The van der Waals surface area contributed by atoms with Crippen LogP contribution in [0, 0.1) is 5.41 Å². The van der Waals surface area contributed by atoms with Crippen LogP contribution in [0.1, 0.15) is 46.2 Å². The van der Waals surface area contributed by atoms with E-state index in [-0.39, 0.29) is 17.5 Å². The normalized spacial score (nSPS) is 16.7. The van der Waals surface area contributed by atoms with Crippen molar-refractivity contribution in [2.24, 2.45) is 5.41 Å². The van der Waals surface area contributed by atoms with Crippen molar-refractivity contribution < 1.29 is 19.4 Å². The number of benzene rings is 2. The summed E-state index contributed by atoms with van der Waals surface area (Å²) in [5.41, 5.74) is 1.63. The van der Waals surface area contributed by atoms with Gasteiger partial charge in [0.05, 0.1) is 17.7 Å². The molecule has 0 saturated carbocycles. The fourth-order valence-corrected chi connectivity index (χ4v) is 3.76. The van der Waals surface area contributed by atoms with E-state index in [0.29, 0.717) is 17.0 Å². The molecule has 2 aromatic rings. The highest BCUT2D eigenvalue weighted by Crippen LogP contribution is 2.44. The lowest BCUT2D eigenvalue weighted by Gasteiger charge is -2.29. The predicted octanol–water partition coefficient (Wildman–Crippen LogP) is 5.06. The van der Waals surface area contributed by atoms with E-state index in [9.17, 15) is 14.7 Å². The minimum absolute atomic E-state index is 0.0234. The van der Waals surface area contributed by atoms with Gasteiger partial charge in [-0.3, -0.25) is 14.5 Å². The van der Waals surface area contributed by atoms with Gasteiger partial charge in [0.25, 0.3) is 5.91 Å². The number of carbonyl (C=O) groups excluding carboxylic acids is 2. The van der Waals surface area contributed by atoms with E-state index in [0.717, 1.165) is 5.69 Å². The van der Waals surface area contributed by atoms with Crippen molar-refractivity contribution in [1.29, 1.82) is 0 Å². The summed E-state index contributed by atoms with van der Waals surface area (Å²) in [4.78, 5) is 30.0. The Kier molecular flexibility index (Phi) is 6.35. The van der Waals surface area contributed by atoms with E-state index in [1.165, 1.54) is 4.90 Å². The van der Waals surface area contributed by atoms with Crippen molar-refractivity contribution in [1.82, 2.24) is 0 Å². The van der Waals surface area contributed by atoms with Gasteiger partial charge in [-0.25, -0.2) is 0 Å². The molecule has 1 atom stereocenters. The van der Waals surface area contributed by atoms with Gasteiger partial charge >= 0.3 is 0 Å². The van der Waals surface area contributed by atoms with E-state index in [1.54, 1.807) is 20.8 Å². The van der Waals surface area contributed by atoms with Crippen molar-refractivity contribution in [2.75, 3.05) is 23.9 Å². The third-order valence-electron chi connectivity index (χ3n) is 5.32. The molecule has 0 radical (unpaired) electrons. The third kappa shape index (κ3) is 4.49. The molecule has 0 spiro atoms. The molecule has 1 unspecified atom stereocenters. The third-order valence-corrected chi connectivity index (χ3v) is 5.32. The molecule has 170 valence electrons. The molecule has 32 heavy (non-hydrogen) atoms. The Morgan fingerprint density at radius 1 is 1.09 bits per heavy atom. The van der Waals surface area contributed by atoms with Gasteiger partial charge < -0.3 is 14.7 Å². The molecular formula is C26H32N2O4. The molecule has 0 fully saturated rings. The molecule has 0 aliphatic carbocycles. The molecule has 3 rings (SSSR count). The second-order valence-corrected chi connectivity index (χ2v) is 9.57. The maximum absolute atomic E-state index is 13.4. The van der Waals surface area contributed by atoms with E-state index < -0.39 is 23.1 Å². The lowest BCUT2D eigenvalue weighted by Crippen LogP contribution is -2.32. The van der Waals surface area contributed by atoms with Gasteiger partial charge in [0, 0.05) is 30.9 Å². The van der Waals surface area contributed by atoms with Crippen LogP contribution in [0.2, 0.25) is 0 Å². The van der Waals surface area contributed by atoms with Gasteiger partial charge in [0.2, 0.25) is 0 Å². The first kappa shape index (κ1) is 23.4. The minimum Gasteiger partial charge on any atom is -0.503 e. The molecule has 6 nitrogen and oxygen atoms in total. The Morgan fingerprint density at radius 2 is 1.72 bits per heavy atom. The van der Waals surface area contributed by atoms with Crippen LogP contribution in [-0.2, 0) is 9.59 Å². The number of hydrogen-bond donors (Lipinski definition) is 1. The van der Waals surface area contributed by atoms with Crippen molar-refractivity contribution in [3.63, 3.8) is 0 Å². The van der Waals surface area contributed by atoms with Gasteiger partial charge in [0.15, 0.2) is 11.5 Å². The molecule has 6 heteroatoms. The quantitative estimate of drug-likeness (QED) is 0.686. The van der Waals surface area contributed by atoms with Gasteiger partial charge in [-0.05, 0) is 55.8 Å². The molecule has 1 aliphatic rings. The smallest absolute Gasteiger partial charge is 0.294 e. The topological polar surface area (TPSA) is 70.1 Å². The van der Waals surface area contributed by atoms with Crippen molar-refractivity contribution in [3.8, 4) is 5.75 Å². The number of anilines is 2. The lowest BCUT2D eigenvalue weighted by atomic mass is 9.82. The second kappa shape index (κ2) is 8.69. The maximum Gasteiger partial charge on any atom is 0.294 e. The van der Waals surface area contributed by atoms with Crippen LogP contribution >= 0.6 is 0 Å². The molecule has 1 N–H and O–H groups in total. The van der Waals surface area contributed by atoms with Crippen LogP contribution in [0.5, 0.6) is 5.75 Å². The molecule has 0 aromatic heterocycles. The molecule has 1 amide bonds.